The van der Waals surface area contributed by atoms with Gasteiger partial charge in [-0.15, -0.1) is 0 Å². The van der Waals surface area contributed by atoms with Gasteiger partial charge < -0.3 is 50.5 Å². The molecule has 308 valence electrons. The SMILES string of the molecule is CCCC/C=C/CCCC(O)C(O)C(COC1OC(CO)C(O)C(O)C1O)NC(=O)C(O)CCCCCCCCCCCCCCCCCCCC. The van der Waals surface area contributed by atoms with Crippen LogP contribution in [-0.4, -0.2) is 110 Å². The molecule has 0 spiro atoms. The Morgan fingerprint density at radius 1 is 0.654 bits per heavy atom. The minimum absolute atomic E-state index is 0.258. The van der Waals surface area contributed by atoms with Gasteiger partial charge in [-0.25, -0.2) is 0 Å². The molecule has 11 heteroatoms. The summed E-state index contributed by atoms with van der Waals surface area (Å²) in [4.78, 5) is 13.0. The number of hydrogen-bond donors (Lipinski definition) is 8. The number of amides is 1. The van der Waals surface area contributed by atoms with Gasteiger partial charge in [0.1, 0.15) is 36.6 Å². The van der Waals surface area contributed by atoms with Gasteiger partial charge in [0.25, 0.3) is 0 Å². The van der Waals surface area contributed by atoms with Crippen LogP contribution in [0.5, 0.6) is 0 Å². The zero-order chi connectivity index (χ0) is 38.4. The van der Waals surface area contributed by atoms with Crippen molar-refractivity contribution in [1.82, 2.24) is 5.32 Å². The summed E-state index contributed by atoms with van der Waals surface area (Å²) in [5.41, 5.74) is 0. The van der Waals surface area contributed by atoms with Crippen LogP contribution in [0, 0.1) is 0 Å². The van der Waals surface area contributed by atoms with Crippen molar-refractivity contribution in [2.45, 2.75) is 229 Å². The number of rotatable bonds is 34. The first-order valence-corrected chi connectivity index (χ1v) is 21.1. The first-order chi connectivity index (χ1) is 25.2. The van der Waals surface area contributed by atoms with E-state index in [1.165, 1.54) is 89.9 Å². The maximum atomic E-state index is 13.0. The summed E-state index contributed by atoms with van der Waals surface area (Å²) in [6, 6.07) is -1.18. The van der Waals surface area contributed by atoms with Crippen molar-refractivity contribution in [3.05, 3.63) is 12.2 Å². The summed E-state index contributed by atoms with van der Waals surface area (Å²) in [7, 11) is 0. The largest absolute Gasteiger partial charge is 0.394 e. The van der Waals surface area contributed by atoms with Crippen molar-refractivity contribution in [2.24, 2.45) is 0 Å². The van der Waals surface area contributed by atoms with E-state index in [0.717, 1.165) is 44.9 Å². The average Bonchev–Trinajstić information content (AvgIpc) is 3.14. The zero-order valence-electron chi connectivity index (χ0n) is 32.8. The number of aliphatic hydroxyl groups is 7. The number of aliphatic hydroxyl groups excluding tert-OH is 7. The fourth-order valence-corrected chi connectivity index (χ4v) is 6.72. The van der Waals surface area contributed by atoms with E-state index in [1.807, 2.05) is 6.08 Å². The molecular weight excluding hydrogens is 666 g/mol. The third-order valence-corrected chi connectivity index (χ3v) is 10.3. The van der Waals surface area contributed by atoms with E-state index < -0.39 is 74.2 Å². The number of carbonyl (C=O) groups excluding carboxylic acids is 1. The van der Waals surface area contributed by atoms with E-state index in [9.17, 15) is 40.5 Å². The van der Waals surface area contributed by atoms with Crippen LogP contribution in [0.3, 0.4) is 0 Å². The van der Waals surface area contributed by atoms with E-state index >= 15 is 0 Å². The number of ether oxygens (including phenoxy) is 2. The molecule has 0 aromatic rings. The molecule has 1 saturated heterocycles. The molecule has 0 aliphatic carbocycles. The summed E-state index contributed by atoms with van der Waals surface area (Å²) < 4.78 is 11.0. The molecule has 1 rings (SSSR count). The molecule has 0 aromatic heterocycles. The van der Waals surface area contributed by atoms with Crippen LogP contribution < -0.4 is 5.32 Å². The Labute approximate surface area is 315 Å². The molecule has 9 atom stereocenters. The summed E-state index contributed by atoms with van der Waals surface area (Å²) in [6.07, 6.45) is 20.2. The van der Waals surface area contributed by atoms with Gasteiger partial charge in [0.05, 0.1) is 25.4 Å². The summed E-state index contributed by atoms with van der Waals surface area (Å²) in [6.45, 7) is 3.32. The lowest BCUT2D eigenvalue weighted by molar-refractivity contribution is -0.303. The van der Waals surface area contributed by atoms with E-state index in [4.69, 9.17) is 9.47 Å². The van der Waals surface area contributed by atoms with Crippen molar-refractivity contribution < 1.29 is 50.0 Å². The van der Waals surface area contributed by atoms with Crippen molar-refractivity contribution >= 4 is 5.91 Å². The Bertz CT molecular complexity index is 861. The Morgan fingerprint density at radius 2 is 1.13 bits per heavy atom. The highest BCUT2D eigenvalue weighted by molar-refractivity contribution is 5.80. The predicted molar refractivity (Wildman–Crippen MR) is 206 cm³/mol. The first kappa shape index (κ1) is 48.9. The summed E-state index contributed by atoms with van der Waals surface area (Å²) >= 11 is 0. The Kier molecular flexibility index (Phi) is 30.2. The molecule has 0 saturated carbocycles. The lowest BCUT2D eigenvalue weighted by Crippen LogP contribution is -2.60. The van der Waals surface area contributed by atoms with Gasteiger partial charge >= 0.3 is 0 Å². The molecule has 1 fully saturated rings. The third-order valence-electron chi connectivity index (χ3n) is 10.3. The maximum Gasteiger partial charge on any atom is 0.249 e. The van der Waals surface area contributed by atoms with Crippen molar-refractivity contribution in [3.63, 3.8) is 0 Å². The molecule has 1 heterocycles. The van der Waals surface area contributed by atoms with Crippen molar-refractivity contribution in [2.75, 3.05) is 13.2 Å². The molecule has 0 bridgehead atoms. The second kappa shape index (κ2) is 32.1. The number of allylic oxidation sites excluding steroid dienone is 2. The van der Waals surface area contributed by atoms with Gasteiger partial charge in [0, 0.05) is 0 Å². The molecule has 1 aliphatic rings. The van der Waals surface area contributed by atoms with Crippen LogP contribution >= 0.6 is 0 Å². The molecule has 11 nitrogen and oxygen atoms in total. The third kappa shape index (κ3) is 22.3. The van der Waals surface area contributed by atoms with E-state index in [1.54, 1.807) is 0 Å². The van der Waals surface area contributed by atoms with Crippen LogP contribution in [0.25, 0.3) is 0 Å². The standard InChI is InChI=1S/C41H79NO10/c1-3-5-7-9-11-12-13-14-15-16-17-18-19-20-21-23-25-27-29-34(45)40(50)42-32(36(46)33(44)28-26-24-22-10-8-6-4-2)31-51-41-39(49)38(48)37(47)35(30-43)52-41/h10,22,32-39,41,43-49H,3-9,11-21,23-31H2,1-2H3,(H,42,50)/b22-10+. The lowest BCUT2D eigenvalue weighted by Gasteiger charge is -2.40. The fraction of sp³-hybridized carbons (Fsp3) is 0.927. The van der Waals surface area contributed by atoms with Gasteiger partial charge in [-0.05, 0) is 32.1 Å². The molecule has 0 radical (unpaired) electrons. The van der Waals surface area contributed by atoms with Crippen LogP contribution in [-0.2, 0) is 14.3 Å². The maximum absolute atomic E-state index is 13.0. The van der Waals surface area contributed by atoms with Crippen LogP contribution in [0.1, 0.15) is 174 Å². The molecular formula is C41H79NO10. The highest BCUT2D eigenvalue weighted by Crippen LogP contribution is 2.23. The van der Waals surface area contributed by atoms with Gasteiger partial charge in [0.2, 0.25) is 5.91 Å². The number of hydrogen-bond acceptors (Lipinski definition) is 10. The molecule has 0 aromatic carbocycles. The van der Waals surface area contributed by atoms with Gasteiger partial charge in [0.15, 0.2) is 6.29 Å². The first-order valence-electron chi connectivity index (χ1n) is 21.1. The van der Waals surface area contributed by atoms with Crippen LogP contribution in [0.4, 0.5) is 0 Å². The van der Waals surface area contributed by atoms with Crippen LogP contribution in [0.15, 0.2) is 12.2 Å². The number of nitrogens with one attached hydrogen (secondary N) is 1. The number of unbranched alkanes of at least 4 members (excludes halogenated alkanes) is 20. The van der Waals surface area contributed by atoms with Crippen molar-refractivity contribution in [1.29, 1.82) is 0 Å². The zero-order valence-corrected chi connectivity index (χ0v) is 32.8. The fourth-order valence-electron chi connectivity index (χ4n) is 6.72. The van der Waals surface area contributed by atoms with Gasteiger partial charge in [-0.1, -0.05) is 154 Å². The van der Waals surface area contributed by atoms with Gasteiger partial charge in [-0.3, -0.25) is 4.79 Å². The minimum atomic E-state index is -1.66. The summed E-state index contributed by atoms with van der Waals surface area (Å²) in [5.74, 6) is -0.709. The van der Waals surface area contributed by atoms with E-state index in [-0.39, 0.29) is 12.8 Å². The normalized spacial score (nSPS) is 23.1. The Morgan fingerprint density at radius 3 is 1.63 bits per heavy atom. The lowest BCUT2D eigenvalue weighted by atomic mass is 9.98. The second-order valence-corrected chi connectivity index (χ2v) is 15.1. The van der Waals surface area contributed by atoms with Crippen molar-refractivity contribution in [3.8, 4) is 0 Å². The van der Waals surface area contributed by atoms with Crippen LogP contribution in [0.2, 0.25) is 0 Å². The molecule has 9 unspecified atom stereocenters. The Balaban J connectivity index is 2.42. The molecule has 1 aliphatic heterocycles. The summed E-state index contributed by atoms with van der Waals surface area (Å²) in [5, 5.41) is 75.0. The van der Waals surface area contributed by atoms with Gasteiger partial charge in [-0.2, -0.15) is 0 Å². The molecule has 1 amide bonds. The van der Waals surface area contributed by atoms with E-state index in [0.29, 0.717) is 12.8 Å². The predicted octanol–water partition coefficient (Wildman–Crippen LogP) is 5.72. The smallest absolute Gasteiger partial charge is 0.249 e. The quantitative estimate of drug-likeness (QED) is 0.0299. The average molecular weight is 746 g/mol. The molecule has 52 heavy (non-hydrogen) atoms. The topological polar surface area (TPSA) is 189 Å². The molecule has 8 N–H and O–H groups in total. The monoisotopic (exact) mass is 746 g/mol. The minimum Gasteiger partial charge on any atom is -0.394 e. The highest BCUT2D eigenvalue weighted by Gasteiger charge is 2.44. The second-order valence-electron chi connectivity index (χ2n) is 15.1. The Hall–Kier alpha value is -1.15. The number of carbonyl (C=O) groups is 1. The van der Waals surface area contributed by atoms with E-state index in [2.05, 4.69) is 25.2 Å². The highest BCUT2D eigenvalue weighted by atomic mass is 16.7.